The summed E-state index contributed by atoms with van der Waals surface area (Å²) in [6.07, 6.45) is 3.83. The van der Waals surface area contributed by atoms with Crippen molar-refractivity contribution in [2.24, 2.45) is 0 Å². The Kier molecular flexibility index (Phi) is 4.27. The first-order valence-electron chi connectivity index (χ1n) is 6.03. The average molecular weight is 301 g/mol. The van der Waals surface area contributed by atoms with Gasteiger partial charge < -0.3 is 4.57 Å². The van der Waals surface area contributed by atoms with Gasteiger partial charge in [0.1, 0.15) is 0 Å². The average Bonchev–Trinajstić information content (AvgIpc) is 2.71. The number of nitrogens with zero attached hydrogens (tertiary/aromatic N) is 4. The quantitative estimate of drug-likeness (QED) is 0.871. The Hall–Kier alpha value is -1.33. The van der Waals surface area contributed by atoms with E-state index in [1.165, 1.54) is 10.8 Å². The fraction of sp³-hybridized carbons (Fsp3) is 0.417. The molecule has 2 aromatic rings. The third-order valence-electron chi connectivity index (χ3n) is 2.89. The highest BCUT2D eigenvalue weighted by molar-refractivity contribution is 6.32. The largest absolute Gasteiger partial charge is 0.305 e. The Bertz CT molecular complexity index is 648. The van der Waals surface area contributed by atoms with Gasteiger partial charge in [0.2, 0.25) is 0 Å². The minimum atomic E-state index is -0.331. The number of hydrogen-bond donors (Lipinski definition) is 0. The van der Waals surface area contributed by atoms with Gasteiger partial charge in [-0.1, -0.05) is 30.1 Å². The second kappa shape index (κ2) is 5.75. The van der Waals surface area contributed by atoms with Crippen molar-refractivity contribution in [2.45, 2.75) is 33.4 Å². The molecule has 0 aliphatic rings. The van der Waals surface area contributed by atoms with Gasteiger partial charge in [0.15, 0.2) is 5.15 Å². The van der Waals surface area contributed by atoms with Gasteiger partial charge in [-0.25, -0.2) is 4.98 Å². The highest BCUT2D eigenvalue weighted by atomic mass is 35.5. The van der Waals surface area contributed by atoms with E-state index in [0.29, 0.717) is 18.1 Å². The summed E-state index contributed by atoms with van der Waals surface area (Å²) in [6, 6.07) is 0. The van der Waals surface area contributed by atoms with Gasteiger partial charge in [-0.05, 0) is 13.3 Å². The number of halogens is 2. The van der Waals surface area contributed by atoms with Crippen LogP contribution in [0.2, 0.25) is 10.2 Å². The molecule has 102 valence electrons. The zero-order valence-corrected chi connectivity index (χ0v) is 12.2. The molecule has 0 saturated carbocycles. The lowest BCUT2D eigenvalue weighted by Gasteiger charge is -2.08. The van der Waals surface area contributed by atoms with Crippen LogP contribution in [0.5, 0.6) is 0 Å². The number of aryl methyl sites for hydroxylation is 2. The molecule has 2 aromatic heterocycles. The zero-order chi connectivity index (χ0) is 14.0. The summed E-state index contributed by atoms with van der Waals surface area (Å²) in [5.74, 6) is 0. The molecule has 5 nitrogen and oxygen atoms in total. The molecule has 19 heavy (non-hydrogen) atoms. The van der Waals surface area contributed by atoms with Crippen LogP contribution in [0.15, 0.2) is 17.2 Å². The van der Waals surface area contributed by atoms with E-state index in [0.717, 1.165) is 17.8 Å². The minimum absolute atomic E-state index is 0.0445. The molecule has 0 N–H and O–H groups in total. The van der Waals surface area contributed by atoms with E-state index in [-0.39, 0.29) is 10.7 Å². The number of hydrogen-bond acceptors (Lipinski definition) is 3. The maximum Gasteiger partial charge on any atom is 0.288 e. The summed E-state index contributed by atoms with van der Waals surface area (Å²) in [7, 11) is 0. The van der Waals surface area contributed by atoms with Gasteiger partial charge in [-0.3, -0.25) is 9.48 Å². The molecular formula is C12H14Cl2N4O. The SMILES string of the molecule is CCc1nn(CC)c(Cn2ccnc(Cl)c2=O)c1Cl. The topological polar surface area (TPSA) is 52.7 Å². The van der Waals surface area contributed by atoms with E-state index in [2.05, 4.69) is 10.1 Å². The Morgan fingerprint density at radius 3 is 2.68 bits per heavy atom. The Labute approximate surface area is 120 Å². The van der Waals surface area contributed by atoms with Gasteiger partial charge in [-0.15, -0.1) is 0 Å². The Morgan fingerprint density at radius 1 is 1.32 bits per heavy atom. The highest BCUT2D eigenvalue weighted by Gasteiger charge is 2.15. The van der Waals surface area contributed by atoms with Crippen LogP contribution in [-0.4, -0.2) is 19.3 Å². The van der Waals surface area contributed by atoms with Gasteiger partial charge in [0.25, 0.3) is 5.56 Å². The van der Waals surface area contributed by atoms with Crippen LogP contribution >= 0.6 is 23.2 Å². The van der Waals surface area contributed by atoms with Crippen LogP contribution in [0.4, 0.5) is 0 Å². The van der Waals surface area contributed by atoms with Crippen molar-refractivity contribution in [3.63, 3.8) is 0 Å². The summed E-state index contributed by atoms with van der Waals surface area (Å²) in [5, 5.41) is 4.99. The third-order valence-corrected chi connectivity index (χ3v) is 3.58. The fourth-order valence-corrected chi connectivity index (χ4v) is 2.37. The first-order valence-corrected chi connectivity index (χ1v) is 6.79. The highest BCUT2D eigenvalue weighted by Crippen LogP contribution is 2.22. The molecule has 0 atom stereocenters. The smallest absolute Gasteiger partial charge is 0.288 e. The van der Waals surface area contributed by atoms with Crippen LogP contribution in [0.1, 0.15) is 25.2 Å². The van der Waals surface area contributed by atoms with Crippen molar-refractivity contribution >= 4 is 23.2 Å². The molecule has 0 unspecified atom stereocenters. The lowest BCUT2D eigenvalue weighted by Crippen LogP contribution is -2.22. The third kappa shape index (κ3) is 2.67. The maximum absolute atomic E-state index is 11.9. The van der Waals surface area contributed by atoms with Crippen LogP contribution in [0.25, 0.3) is 0 Å². The zero-order valence-electron chi connectivity index (χ0n) is 10.7. The fourth-order valence-electron chi connectivity index (χ4n) is 1.87. The van der Waals surface area contributed by atoms with Gasteiger partial charge in [-0.2, -0.15) is 5.10 Å². The molecule has 2 rings (SSSR count). The molecule has 0 saturated heterocycles. The normalized spacial score (nSPS) is 10.9. The molecule has 0 bridgehead atoms. The van der Waals surface area contributed by atoms with E-state index in [1.807, 2.05) is 18.5 Å². The molecule has 0 radical (unpaired) electrons. The summed E-state index contributed by atoms with van der Waals surface area (Å²) in [6.45, 7) is 5.01. The Balaban J connectivity index is 2.46. The van der Waals surface area contributed by atoms with E-state index in [9.17, 15) is 4.79 Å². The maximum atomic E-state index is 11.9. The molecule has 0 spiro atoms. The first kappa shape index (κ1) is 14.1. The van der Waals surface area contributed by atoms with Crippen LogP contribution < -0.4 is 5.56 Å². The van der Waals surface area contributed by atoms with E-state index in [4.69, 9.17) is 23.2 Å². The van der Waals surface area contributed by atoms with Crippen LogP contribution in [0.3, 0.4) is 0 Å². The minimum Gasteiger partial charge on any atom is -0.305 e. The van der Waals surface area contributed by atoms with Crippen molar-refractivity contribution in [3.05, 3.63) is 44.3 Å². The van der Waals surface area contributed by atoms with Gasteiger partial charge in [0.05, 0.1) is 23.0 Å². The summed E-state index contributed by atoms with van der Waals surface area (Å²) in [4.78, 5) is 15.6. The van der Waals surface area contributed by atoms with E-state index in [1.54, 1.807) is 6.20 Å². The Morgan fingerprint density at radius 2 is 2.05 bits per heavy atom. The van der Waals surface area contributed by atoms with E-state index >= 15 is 0 Å². The van der Waals surface area contributed by atoms with Crippen LogP contribution in [-0.2, 0) is 19.5 Å². The molecular weight excluding hydrogens is 287 g/mol. The molecule has 0 amide bonds. The molecule has 2 heterocycles. The van der Waals surface area contributed by atoms with Gasteiger partial charge in [0, 0.05) is 18.9 Å². The van der Waals surface area contributed by atoms with Crippen molar-refractivity contribution in [1.82, 2.24) is 19.3 Å². The van der Waals surface area contributed by atoms with Crippen molar-refractivity contribution in [2.75, 3.05) is 0 Å². The predicted octanol–water partition coefficient (Wildman–Crippen LogP) is 2.38. The van der Waals surface area contributed by atoms with Gasteiger partial charge >= 0.3 is 0 Å². The second-order valence-corrected chi connectivity index (χ2v) is 4.76. The lowest BCUT2D eigenvalue weighted by molar-refractivity contribution is 0.588. The number of rotatable bonds is 4. The summed E-state index contributed by atoms with van der Waals surface area (Å²) < 4.78 is 3.28. The summed E-state index contributed by atoms with van der Waals surface area (Å²) in [5.41, 5.74) is 1.32. The monoisotopic (exact) mass is 300 g/mol. The standard InChI is InChI=1S/C12H14Cl2N4O/c1-3-8-10(13)9(18(4-2)16-8)7-17-6-5-15-11(14)12(17)19/h5-6H,3-4,7H2,1-2H3. The first-order chi connectivity index (χ1) is 9.08. The summed E-state index contributed by atoms with van der Waals surface area (Å²) >= 11 is 12.0. The molecule has 0 aromatic carbocycles. The second-order valence-electron chi connectivity index (χ2n) is 4.03. The molecule has 7 heteroatoms. The van der Waals surface area contributed by atoms with E-state index < -0.39 is 0 Å². The van der Waals surface area contributed by atoms with Crippen molar-refractivity contribution in [3.8, 4) is 0 Å². The molecule has 0 aliphatic carbocycles. The molecule has 0 aliphatic heterocycles. The van der Waals surface area contributed by atoms with Crippen LogP contribution in [0, 0.1) is 0 Å². The van der Waals surface area contributed by atoms with Crippen molar-refractivity contribution in [1.29, 1.82) is 0 Å². The lowest BCUT2D eigenvalue weighted by atomic mass is 10.3. The predicted molar refractivity (Wildman–Crippen MR) is 74.9 cm³/mol. The molecule has 0 fully saturated rings. The number of aromatic nitrogens is 4. The van der Waals surface area contributed by atoms with Crippen molar-refractivity contribution < 1.29 is 0 Å².